The molecular formula is C22H20FO6S-. The van der Waals surface area contributed by atoms with E-state index in [-0.39, 0.29) is 11.3 Å². The Balaban J connectivity index is 1.78. The zero-order chi connectivity index (χ0) is 21.6. The molecule has 0 bridgehead atoms. The van der Waals surface area contributed by atoms with Crippen LogP contribution in [-0.2, 0) is 14.9 Å². The van der Waals surface area contributed by atoms with Gasteiger partial charge < -0.3 is 14.0 Å². The average Bonchev–Trinajstić information content (AvgIpc) is 3.17. The number of halogens is 1. The topological polar surface area (TPSA) is 92.7 Å². The van der Waals surface area contributed by atoms with Crippen LogP contribution in [0.5, 0.6) is 5.75 Å². The van der Waals surface area contributed by atoms with Gasteiger partial charge in [0, 0.05) is 5.56 Å². The second-order valence-electron chi connectivity index (χ2n) is 6.96. The molecule has 1 aliphatic carbocycles. The van der Waals surface area contributed by atoms with Gasteiger partial charge in [-0.25, -0.2) is 17.6 Å². The van der Waals surface area contributed by atoms with E-state index in [0.29, 0.717) is 12.8 Å². The van der Waals surface area contributed by atoms with Gasteiger partial charge in [-0.2, -0.15) is 0 Å². The van der Waals surface area contributed by atoms with Gasteiger partial charge in [-0.15, -0.1) is 0 Å². The Kier molecular flexibility index (Phi) is 6.75. The Bertz CT molecular complexity index is 1060. The molecule has 0 heterocycles. The van der Waals surface area contributed by atoms with Crippen LogP contribution in [0, 0.1) is 17.7 Å². The van der Waals surface area contributed by atoms with Gasteiger partial charge in [0.05, 0.1) is 21.4 Å². The van der Waals surface area contributed by atoms with Crippen molar-refractivity contribution in [3.05, 3.63) is 65.5 Å². The van der Waals surface area contributed by atoms with Crippen LogP contribution in [0.15, 0.2) is 48.5 Å². The van der Waals surface area contributed by atoms with E-state index >= 15 is 0 Å². The maximum atomic E-state index is 14.4. The summed E-state index contributed by atoms with van der Waals surface area (Å²) in [7, 11) is -4.50. The van der Waals surface area contributed by atoms with Gasteiger partial charge in [-0.05, 0) is 56.0 Å². The van der Waals surface area contributed by atoms with E-state index in [0.717, 1.165) is 24.5 Å². The van der Waals surface area contributed by atoms with E-state index in [9.17, 15) is 22.2 Å². The summed E-state index contributed by atoms with van der Waals surface area (Å²) in [6.07, 6.45) is 3.03. The van der Waals surface area contributed by atoms with Crippen molar-refractivity contribution in [2.24, 2.45) is 0 Å². The lowest BCUT2D eigenvalue weighted by atomic mass is 10.0. The molecule has 0 amide bonds. The first-order valence-electron chi connectivity index (χ1n) is 9.44. The summed E-state index contributed by atoms with van der Waals surface area (Å²) in [6.45, 7) is -0.579. The fourth-order valence-corrected chi connectivity index (χ4v) is 3.43. The van der Waals surface area contributed by atoms with Crippen LogP contribution in [0.2, 0.25) is 0 Å². The highest BCUT2D eigenvalue weighted by molar-refractivity contribution is 7.85. The Morgan fingerprint density at radius 2 is 1.83 bits per heavy atom. The molecule has 0 aromatic heterocycles. The lowest BCUT2D eigenvalue weighted by Crippen LogP contribution is -2.31. The molecule has 30 heavy (non-hydrogen) atoms. The van der Waals surface area contributed by atoms with Gasteiger partial charge in [-0.3, -0.25) is 0 Å². The highest BCUT2D eigenvalue weighted by Gasteiger charge is 2.35. The van der Waals surface area contributed by atoms with E-state index < -0.39 is 39.9 Å². The quantitative estimate of drug-likeness (QED) is 0.396. The summed E-state index contributed by atoms with van der Waals surface area (Å²) in [6, 6.07) is 12.9. The maximum absolute atomic E-state index is 14.4. The Morgan fingerprint density at radius 3 is 2.50 bits per heavy atom. The molecule has 1 saturated carbocycles. The predicted molar refractivity (Wildman–Crippen MR) is 106 cm³/mol. The first kappa shape index (κ1) is 21.8. The molecule has 1 aliphatic rings. The van der Waals surface area contributed by atoms with Crippen molar-refractivity contribution in [2.75, 3.05) is 12.4 Å². The Hall–Kier alpha value is -2.89. The molecular weight excluding hydrogens is 411 g/mol. The lowest BCUT2D eigenvalue weighted by Gasteiger charge is -2.25. The van der Waals surface area contributed by atoms with Gasteiger partial charge >= 0.3 is 5.97 Å². The molecule has 2 aromatic carbocycles. The molecule has 0 aliphatic heterocycles. The lowest BCUT2D eigenvalue weighted by molar-refractivity contribution is 0.0526. The molecule has 158 valence electrons. The second kappa shape index (κ2) is 9.28. The maximum Gasteiger partial charge on any atom is 0.338 e. The predicted octanol–water partition coefficient (Wildman–Crippen LogP) is 3.27. The molecule has 0 radical (unpaired) electrons. The van der Waals surface area contributed by atoms with Crippen molar-refractivity contribution in [3.8, 4) is 17.6 Å². The molecule has 1 fully saturated rings. The molecule has 8 heteroatoms. The molecule has 0 atom stereocenters. The van der Waals surface area contributed by atoms with Crippen LogP contribution in [0.25, 0.3) is 0 Å². The molecule has 0 unspecified atom stereocenters. The van der Waals surface area contributed by atoms with Crippen molar-refractivity contribution in [2.45, 2.75) is 31.3 Å². The van der Waals surface area contributed by atoms with E-state index in [1.807, 2.05) is 30.3 Å². The minimum Gasteiger partial charge on any atom is -0.748 e. The minimum absolute atomic E-state index is 0.0149. The van der Waals surface area contributed by atoms with Crippen molar-refractivity contribution in [1.82, 2.24) is 0 Å². The SMILES string of the molecule is O=C(OCCS(=O)(=O)[O-])c1ccc(F)c(OC2(C#Cc3ccccc3)CCCC2)c1. The largest absolute Gasteiger partial charge is 0.748 e. The number of ether oxygens (including phenoxy) is 2. The zero-order valence-corrected chi connectivity index (χ0v) is 16.9. The number of esters is 1. The standard InChI is InChI=1S/C22H21FO6S/c23-19-9-8-18(21(24)28-14-15-30(25,26)27)16-20(19)29-22(11-4-5-12-22)13-10-17-6-2-1-3-7-17/h1-3,6-9,16H,4-5,11-12,14-15H2,(H,25,26,27)/p-1. The normalized spacial score (nSPS) is 15.1. The van der Waals surface area contributed by atoms with Crippen LogP contribution in [0.3, 0.4) is 0 Å². The van der Waals surface area contributed by atoms with Gasteiger partial charge in [0.1, 0.15) is 6.61 Å². The molecule has 0 saturated heterocycles. The molecule has 3 rings (SSSR count). The fourth-order valence-electron chi connectivity index (χ4n) is 3.15. The van der Waals surface area contributed by atoms with Crippen LogP contribution in [0.4, 0.5) is 4.39 Å². The van der Waals surface area contributed by atoms with Crippen LogP contribution >= 0.6 is 0 Å². The number of carbonyl (C=O) groups is 1. The number of benzene rings is 2. The zero-order valence-electron chi connectivity index (χ0n) is 16.1. The van der Waals surface area contributed by atoms with Crippen molar-refractivity contribution in [1.29, 1.82) is 0 Å². The van der Waals surface area contributed by atoms with Crippen LogP contribution in [-0.4, -0.2) is 36.9 Å². The van der Waals surface area contributed by atoms with E-state index in [1.54, 1.807) is 0 Å². The van der Waals surface area contributed by atoms with E-state index in [1.165, 1.54) is 12.1 Å². The average molecular weight is 431 g/mol. The Labute approximate surface area is 174 Å². The summed E-state index contributed by atoms with van der Waals surface area (Å²) in [5.74, 6) is 3.71. The van der Waals surface area contributed by atoms with Crippen LogP contribution in [0.1, 0.15) is 41.6 Å². The minimum atomic E-state index is -4.50. The third kappa shape index (κ3) is 6.05. The Morgan fingerprint density at radius 1 is 1.13 bits per heavy atom. The van der Waals surface area contributed by atoms with E-state index in [2.05, 4.69) is 11.8 Å². The highest BCUT2D eigenvalue weighted by Crippen LogP contribution is 2.35. The van der Waals surface area contributed by atoms with Crippen molar-refractivity contribution >= 4 is 16.1 Å². The summed E-state index contributed by atoms with van der Waals surface area (Å²) in [4.78, 5) is 12.1. The number of carbonyl (C=O) groups excluding carboxylic acids is 1. The van der Waals surface area contributed by atoms with Crippen molar-refractivity contribution < 1.29 is 31.6 Å². The second-order valence-corrected chi connectivity index (χ2v) is 8.49. The summed E-state index contributed by atoms with van der Waals surface area (Å²) < 4.78 is 57.0. The number of rotatable bonds is 6. The summed E-state index contributed by atoms with van der Waals surface area (Å²) in [5, 5.41) is 0. The fraction of sp³-hybridized carbons (Fsp3) is 0.318. The highest BCUT2D eigenvalue weighted by atomic mass is 32.2. The third-order valence-electron chi connectivity index (χ3n) is 4.66. The first-order chi connectivity index (χ1) is 14.3. The third-order valence-corrected chi connectivity index (χ3v) is 5.33. The molecule has 0 N–H and O–H groups in total. The molecule has 6 nitrogen and oxygen atoms in total. The molecule has 2 aromatic rings. The van der Waals surface area contributed by atoms with Gasteiger partial charge in [-0.1, -0.05) is 30.0 Å². The monoisotopic (exact) mass is 431 g/mol. The van der Waals surface area contributed by atoms with E-state index in [4.69, 9.17) is 9.47 Å². The van der Waals surface area contributed by atoms with Crippen LogP contribution < -0.4 is 4.74 Å². The first-order valence-corrected chi connectivity index (χ1v) is 11.0. The summed E-state index contributed by atoms with van der Waals surface area (Å²) in [5.41, 5.74) is -0.0621. The number of hydrogen-bond acceptors (Lipinski definition) is 6. The molecule has 0 spiro atoms. The summed E-state index contributed by atoms with van der Waals surface area (Å²) >= 11 is 0. The van der Waals surface area contributed by atoms with Crippen molar-refractivity contribution in [3.63, 3.8) is 0 Å². The smallest absolute Gasteiger partial charge is 0.338 e. The van der Waals surface area contributed by atoms with Gasteiger partial charge in [0.15, 0.2) is 17.2 Å². The number of hydrogen-bond donors (Lipinski definition) is 0. The van der Waals surface area contributed by atoms with Gasteiger partial charge in [0.2, 0.25) is 0 Å². The van der Waals surface area contributed by atoms with Gasteiger partial charge in [0.25, 0.3) is 0 Å².